The van der Waals surface area contributed by atoms with E-state index in [1.807, 2.05) is 38.1 Å². The minimum absolute atomic E-state index is 0.0112. The molecule has 128 valence electrons. The van der Waals surface area contributed by atoms with Gasteiger partial charge in [0.05, 0.1) is 7.11 Å². The molecule has 0 aliphatic rings. The molecule has 1 rings (SSSR count). The van der Waals surface area contributed by atoms with Crippen molar-refractivity contribution in [1.29, 1.82) is 0 Å². The Balaban J connectivity index is 2.52. The van der Waals surface area contributed by atoms with E-state index in [0.717, 1.165) is 17.7 Å². The highest BCUT2D eigenvalue weighted by Gasteiger charge is 2.13. The summed E-state index contributed by atoms with van der Waals surface area (Å²) in [6.07, 6.45) is 1.93. The quantitative estimate of drug-likeness (QED) is 0.760. The number of ether oxygens (including phenoxy) is 1. The van der Waals surface area contributed by atoms with E-state index in [9.17, 15) is 9.59 Å². The van der Waals surface area contributed by atoms with Crippen LogP contribution in [-0.4, -0.2) is 43.0 Å². The molecule has 23 heavy (non-hydrogen) atoms. The van der Waals surface area contributed by atoms with Crippen molar-refractivity contribution >= 4 is 11.8 Å². The average molecular weight is 320 g/mol. The number of nitrogens with zero attached hydrogens (tertiary/aromatic N) is 1. The van der Waals surface area contributed by atoms with Crippen molar-refractivity contribution in [2.75, 3.05) is 20.2 Å². The zero-order chi connectivity index (χ0) is 17.2. The lowest BCUT2D eigenvalue weighted by molar-refractivity contribution is -0.129. The first-order valence-electron chi connectivity index (χ1n) is 8.14. The van der Waals surface area contributed by atoms with Gasteiger partial charge in [0.15, 0.2) is 0 Å². The first-order valence-corrected chi connectivity index (χ1v) is 8.14. The molecule has 1 unspecified atom stereocenters. The maximum atomic E-state index is 11.8. The largest absolute Gasteiger partial charge is 0.496 e. The second-order valence-electron chi connectivity index (χ2n) is 5.69. The molecule has 0 fully saturated rings. The van der Waals surface area contributed by atoms with E-state index in [0.29, 0.717) is 25.9 Å². The van der Waals surface area contributed by atoms with Gasteiger partial charge in [0.1, 0.15) is 5.75 Å². The molecule has 0 aliphatic heterocycles. The molecule has 0 bridgehead atoms. The van der Waals surface area contributed by atoms with E-state index in [4.69, 9.17) is 4.74 Å². The summed E-state index contributed by atoms with van der Waals surface area (Å²) in [6, 6.07) is 7.95. The number of benzene rings is 1. The van der Waals surface area contributed by atoms with E-state index < -0.39 is 0 Å². The predicted molar refractivity (Wildman–Crippen MR) is 91.5 cm³/mol. The molecule has 1 aromatic carbocycles. The SMILES string of the molecule is CCC(C)NC(=O)CCN(CCc1ccccc1OC)C(C)=O. The Morgan fingerprint density at radius 3 is 2.57 bits per heavy atom. The van der Waals surface area contributed by atoms with Crippen LogP contribution in [0, 0.1) is 0 Å². The van der Waals surface area contributed by atoms with Crippen LogP contribution in [0.3, 0.4) is 0 Å². The number of methoxy groups -OCH3 is 1. The fourth-order valence-corrected chi connectivity index (χ4v) is 2.28. The monoisotopic (exact) mass is 320 g/mol. The van der Waals surface area contributed by atoms with Gasteiger partial charge < -0.3 is 15.0 Å². The van der Waals surface area contributed by atoms with Crippen LogP contribution >= 0.6 is 0 Å². The van der Waals surface area contributed by atoms with Crippen LogP contribution in [0.2, 0.25) is 0 Å². The van der Waals surface area contributed by atoms with Gasteiger partial charge in [-0.2, -0.15) is 0 Å². The van der Waals surface area contributed by atoms with Crippen molar-refractivity contribution in [1.82, 2.24) is 10.2 Å². The topological polar surface area (TPSA) is 58.6 Å². The number of rotatable bonds is 9. The van der Waals surface area contributed by atoms with Crippen LogP contribution in [0.4, 0.5) is 0 Å². The molecule has 0 aromatic heterocycles. The van der Waals surface area contributed by atoms with Crippen LogP contribution in [0.5, 0.6) is 5.75 Å². The molecule has 0 radical (unpaired) electrons. The van der Waals surface area contributed by atoms with Crippen LogP contribution in [0.25, 0.3) is 0 Å². The summed E-state index contributed by atoms with van der Waals surface area (Å²) in [5.74, 6) is 0.796. The third-order valence-electron chi connectivity index (χ3n) is 3.92. The minimum Gasteiger partial charge on any atom is -0.496 e. The van der Waals surface area contributed by atoms with Gasteiger partial charge in [0, 0.05) is 32.5 Å². The Bertz CT molecular complexity index is 517. The Hall–Kier alpha value is -2.04. The van der Waals surface area contributed by atoms with Crippen molar-refractivity contribution in [2.45, 2.75) is 46.1 Å². The number of amides is 2. The van der Waals surface area contributed by atoms with Gasteiger partial charge in [0.25, 0.3) is 0 Å². The smallest absolute Gasteiger partial charge is 0.221 e. The highest BCUT2D eigenvalue weighted by atomic mass is 16.5. The van der Waals surface area contributed by atoms with Crippen molar-refractivity contribution in [2.24, 2.45) is 0 Å². The van der Waals surface area contributed by atoms with Gasteiger partial charge in [0.2, 0.25) is 11.8 Å². The molecule has 0 saturated carbocycles. The number of hydrogen-bond acceptors (Lipinski definition) is 3. The molecule has 5 heteroatoms. The summed E-state index contributed by atoms with van der Waals surface area (Å²) in [7, 11) is 1.64. The van der Waals surface area contributed by atoms with Gasteiger partial charge in [-0.05, 0) is 31.4 Å². The van der Waals surface area contributed by atoms with Crippen LogP contribution in [-0.2, 0) is 16.0 Å². The molecule has 0 saturated heterocycles. The van der Waals surface area contributed by atoms with E-state index in [2.05, 4.69) is 5.32 Å². The predicted octanol–water partition coefficient (Wildman–Crippen LogP) is 2.39. The third kappa shape index (κ3) is 6.72. The molecule has 0 aliphatic carbocycles. The lowest BCUT2D eigenvalue weighted by atomic mass is 10.1. The minimum atomic E-state index is -0.0174. The second-order valence-corrected chi connectivity index (χ2v) is 5.69. The van der Waals surface area contributed by atoms with Crippen LogP contribution in [0.1, 0.15) is 39.2 Å². The fraction of sp³-hybridized carbons (Fsp3) is 0.556. The molecular weight excluding hydrogens is 292 g/mol. The van der Waals surface area contributed by atoms with Crippen LogP contribution in [0.15, 0.2) is 24.3 Å². The van der Waals surface area contributed by atoms with Crippen molar-refractivity contribution < 1.29 is 14.3 Å². The number of carbonyl (C=O) groups is 2. The molecular formula is C18H28N2O3. The number of carbonyl (C=O) groups excluding carboxylic acids is 2. The summed E-state index contributed by atoms with van der Waals surface area (Å²) < 4.78 is 5.32. The van der Waals surface area contributed by atoms with Gasteiger partial charge in [-0.25, -0.2) is 0 Å². The molecule has 1 N–H and O–H groups in total. The summed E-state index contributed by atoms with van der Waals surface area (Å²) in [6.45, 7) is 6.55. The van der Waals surface area contributed by atoms with Crippen molar-refractivity contribution in [3.63, 3.8) is 0 Å². The van der Waals surface area contributed by atoms with Gasteiger partial charge in [-0.15, -0.1) is 0 Å². The Labute approximate surface area is 139 Å². The molecule has 0 spiro atoms. The van der Waals surface area contributed by atoms with E-state index in [1.165, 1.54) is 6.92 Å². The number of para-hydroxylation sites is 1. The second kappa shape index (κ2) is 9.87. The van der Waals surface area contributed by atoms with E-state index in [-0.39, 0.29) is 17.9 Å². The molecule has 0 heterocycles. The zero-order valence-corrected chi connectivity index (χ0v) is 14.6. The first kappa shape index (κ1) is 19.0. The number of hydrogen-bond donors (Lipinski definition) is 1. The third-order valence-corrected chi connectivity index (χ3v) is 3.92. The van der Waals surface area contributed by atoms with Crippen LogP contribution < -0.4 is 10.1 Å². The van der Waals surface area contributed by atoms with Gasteiger partial charge in [-0.1, -0.05) is 25.1 Å². The maximum Gasteiger partial charge on any atom is 0.221 e. The summed E-state index contributed by atoms with van der Waals surface area (Å²) in [5.41, 5.74) is 1.06. The normalized spacial score (nSPS) is 11.7. The van der Waals surface area contributed by atoms with E-state index in [1.54, 1.807) is 12.0 Å². The standard InChI is InChI=1S/C18H28N2O3/c1-5-14(2)19-18(22)11-13-20(15(3)21)12-10-16-8-6-7-9-17(16)23-4/h6-9,14H,5,10-13H2,1-4H3,(H,19,22). The summed E-state index contributed by atoms with van der Waals surface area (Å²) in [5, 5.41) is 2.92. The lowest BCUT2D eigenvalue weighted by Gasteiger charge is -2.22. The highest BCUT2D eigenvalue weighted by molar-refractivity contribution is 5.78. The Morgan fingerprint density at radius 1 is 1.26 bits per heavy atom. The summed E-state index contributed by atoms with van der Waals surface area (Å²) >= 11 is 0. The van der Waals surface area contributed by atoms with Crippen molar-refractivity contribution in [3.05, 3.63) is 29.8 Å². The van der Waals surface area contributed by atoms with Gasteiger partial charge >= 0.3 is 0 Å². The summed E-state index contributed by atoms with van der Waals surface area (Å²) in [4.78, 5) is 25.3. The lowest BCUT2D eigenvalue weighted by Crippen LogP contribution is -2.37. The van der Waals surface area contributed by atoms with E-state index >= 15 is 0 Å². The maximum absolute atomic E-state index is 11.8. The first-order chi connectivity index (χ1) is 11.0. The number of nitrogens with one attached hydrogen (secondary N) is 1. The Kier molecular flexibility index (Phi) is 8.16. The van der Waals surface area contributed by atoms with Gasteiger partial charge in [-0.3, -0.25) is 9.59 Å². The molecule has 1 aromatic rings. The van der Waals surface area contributed by atoms with Crippen molar-refractivity contribution in [3.8, 4) is 5.75 Å². The Morgan fingerprint density at radius 2 is 1.96 bits per heavy atom. The highest BCUT2D eigenvalue weighted by Crippen LogP contribution is 2.18. The molecule has 2 amide bonds. The average Bonchev–Trinajstić information content (AvgIpc) is 2.54. The zero-order valence-electron chi connectivity index (χ0n) is 14.6. The fourth-order valence-electron chi connectivity index (χ4n) is 2.28. The molecule has 5 nitrogen and oxygen atoms in total. The molecule has 1 atom stereocenters.